The Balaban J connectivity index is 1.50. The van der Waals surface area contributed by atoms with Gasteiger partial charge in [0.05, 0.1) is 19.3 Å². The van der Waals surface area contributed by atoms with Gasteiger partial charge in [0.25, 0.3) is 5.91 Å². The molecule has 0 unspecified atom stereocenters. The quantitative estimate of drug-likeness (QED) is 0.598. The van der Waals surface area contributed by atoms with E-state index in [-0.39, 0.29) is 11.9 Å². The van der Waals surface area contributed by atoms with Gasteiger partial charge in [-0.2, -0.15) is 0 Å². The molecular weight excluding hydrogens is 434 g/mol. The molecule has 33 heavy (non-hydrogen) atoms. The minimum Gasteiger partial charge on any atom is -0.497 e. The van der Waals surface area contributed by atoms with Crippen molar-refractivity contribution in [2.75, 3.05) is 29.6 Å². The van der Waals surface area contributed by atoms with Crippen LogP contribution in [0, 0.1) is 6.92 Å². The van der Waals surface area contributed by atoms with Crippen molar-refractivity contribution < 1.29 is 14.3 Å². The SMILES string of the molecule is COc1cccc(CN2C(=O)[C@@]3(SCCN3C(=O)Nc3cccc(C)c3)c3ccccc32)c1. The molecule has 0 saturated carbocycles. The summed E-state index contributed by atoms with van der Waals surface area (Å²) in [4.78, 5) is 29.8. The van der Waals surface area contributed by atoms with E-state index in [4.69, 9.17) is 4.74 Å². The molecule has 3 aromatic rings. The fraction of sp³-hybridized carbons (Fsp3) is 0.231. The van der Waals surface area contributed by atoms with Crippen molar-refractivity contribution in [3.05, 3.63) is 89.5 Å². The molecule has 1 N–H and O–H groups in total. The second kappa shape index (κ2) is 8.48. The maximum absolute atomic E-state index is 14.0. The van der Waals surface area contributed by atoms with Gasteiger partial charge >= 0.3 is 6.03 Å². The molecule has 0 aliphatic carbocycles. The third-order valence-electron chi connectivity index (χ3n) is 6.09. The number of anilines is 2. The minimum atomic E-state index is -1.07. The van der Waals surface area contributed by atoms with Gasteiger partial charge in [-0.05, 0) is 48.4 Å². The minimum absolute atomic E-state index is 0.0894. The zero-order valence-electron chi connectivity index (χ0n) is 18.6. The van der Waals surface area contributed by atoms with E-state index in [0.717, 1.165) is 33.8 Å². The Bertz CT molecular complexity index is 1230. The number of aryl methyl sites for hydroxylation is 1. The molecule has 3 aromatic carbocycles. The predicted molar refractivity (Wildman–Crippen MR) is 132 cm³/mol. The van der Waals surface area contributed by atoms with Crippen LogP contribution in [-0.4, -0.2) is 36.2 Å². The molecule has 168 valence electrons. The first kappa shape index (κ1) is 21.4. The van der Waals surface area contributed by atoms with Crippen molar-refractivity contribution in [1.29, 1.82) is 0 Å². The van der Waals surface area contributed by atoms with Crippen LogP contribution in [0.1, 0.15) is 16.7 Å². The molecule has 6 nitrogen and oxygen atoms in total. The molecule has 0 aromatic heterocycles. The lowest BCUT2D eigenvalue weighted by Crippen LogP contribution is -2.51. The van der Waals surface area contributed by atoms with E-state index in [1.165, 1.54) is 11.8 Å². The Morgan fingerprint density at radius 2 is 1.91 bits per heavy atom. The molecule has 1 spiro atoms. The molecule has 2 aliphatic heterocycles. The molecule has 7 heteroatoms. The van der Waals surface area contributed by atoms with Crippen molar-refractivity contribution in [3.63, 3.8) is 0 Å². The van der Waals surface area contributed by atoms with Crippen molar-refractivity contribution in [3.8, 4) is 5.75 Å². The average Bonchev–Trinajstić information content (AvgIpc) is 3.37. The monoisotopic (exact) mass is 459 g/mol. The fourth-order valence-electron chi connectivity index (χ4n) is 4.59. The summed E-state index contributed by atoms with van der Waals surface area (Å²) in [6, 6.07) is 22.9. The van der Waals surface area contributed by atoms with Gasteiger partial charge in [0, 0.05) is 23.5 Å². The topological polar surface area (TPSA) is 61.9 Å². The molecule has 2 aliphatic rings. The third-order valence-corrected chi connectivity index (χ3v) is 7.51. The maximum atomic E-state index is 14.0. The first-order valence-electron chi connectivity index (χ1n) is 10.9. The highest BCUT2D eigenvalue weighted by Crippen LogP contribution is 2.54. The van der Waals surface area contributed by atoms with Gasteiger partial charge in [-0.1, -0.05) is 42.5 Å². The molecule has 5 rings (SSSR count). The Hall–Kier alpha value is -3.45. The molecule has 1 fully saturated rings. The van der Waals surface area contributed by atoms with Crippen LogP contribution in [-0.2, 0) is 16.2 Å². The van der Waals surface area contributed by atoms with E-state index in [1.807, 2.05) is 79.7 Å². The van der Waals surface area contributed by atoms with Gasteiger partial charge in [-0.25, -0.2) is 4.79 Å². The zero-order valence-corrected chi connectivity index (χ0v) is 19.4. The Kier molecular flexibility index (Phi) is 5.50. The first-order valence-corrected chi connectivity index (χ1v) is 11.8. The summed E-state index contributed by atoms with van der Waals surface area (Å²) in [7, 11) is 1.63. The van der Waals surface area contributed by atoms with Gasteiger partial charge < -0.3 is 15.0 Å². The first-order chi connectivity index (χ1) is 16.0. The number of nitrogens with one attached hydrogen (secondary N) is 1. The summed E-state index contributed by atoms with van der Waals surface area (Å²) in [5, 5.41) is 2.99. The lowest BCUT2D eigenvalue weighted by atomic mass is 10.1. The number of benzene rings is 3. The van der Waals surface area contributed by atoms with E-state index in [1.54, 1.807) is 16.9 Å². The van der Waals surface area contributed by atoms with Crippen LogP contribution in [0.5, 0.6) is 5.75 Å². The van der Waals surface area contributed by atoms with E-state index < -0.39 is 4.87 Å². The Morgan fingerprint density at radius 3 is 2.73 bits per heavy atom. The van der Waals surface area contributed by atoms with Crippen LogP contribution in [0.2, 0.25) is 0 Å². The largest absolute Gasteiger partial charge is 0.497 e. The van der Waals surface area contributed by atoms with Crippen LogP contribution in [0.4, 0.5) is 16.2 Å². The molecule has 0 bridgehead atoms. The Labute approximate surface area is 197 Å². The number of carbonyl (C=O) groups is 2. The summed E-state index contributed by atoms with van der Waals surface area (Å²) < 4.78 is 5.35. The number of methoxy groups -OCH3 is 1. The van der Waals surface area contributed by atoms with Gasteiger partial charge in [-0.15, -0.1) is 11.8 Å². The second-order valence-corrected chi connectivity index (χ2v) is 9.49. The smallest absolute Gasteiger partial charge is 0.323 e. The standard InChI is InChI=1S/C26H25N3O3S/c1-18-7-5-9-20(15-18)27-25(31)29-13-14-33-26(29)22-11-3-4-12-23(22)28(24(26)30)17-19-8-6-10-21(16-19)32-2/h3-12,15-16H,13-14,17H2,1-2H3,(H,27,31)/t26-/m0/s1. The van der Waals surface area contributed by atoms with Gasteiger partial charge in [0.2, 0.25) is 0 Å². The summed E-state index contributed by atoms with van der Waals surface area (Å²) in [6.07, 6.45) is 0. The number of thioether (sulfide) groups is 1. The number of para-hydroxylation sites is 1. The van der Waals surface area contributed by atoms with Crippen molar-refractivity contribution in [2.24, 2.45) is 0 Å². The highest BCUT2D eigenvalue weighted by Gasteiger charge is 2.59. The van der Waals surface area contributed by atoms with Gasteiger partial charge in [0.15, 0.2) is 4.87 Å². The molecule has 1 atom stereocenters. The van der Waals surface area contributed by atoms with Crippen LogP contribution >= 0.6 is 11.8 Å². The van der Waals surface area contributed by atoms with Crippen LogP contribution in [0.15, 0.2) is 72.8 Å². The number of amides is 3. The highest BCUT2D eigenvalue weighted by atomic mass is 32.2. The Morgan fingerprint density at radius 1 is 1.09 bits per heavy atom. The molecule has 3 amide bonds. The van der Waals surface area contributed by atoms with E-state index in [9.17, 15) is 9.59 Å². The number of hydrogen-bond donors (Lipinski definition) is 1. The number of ether oxygens (including phenoxy) is 1. The molecule has 2 heterocycles. The number of hydrogen-bond acceptors (Lipinski definition) is 4. The highest BCUT2D eigenvalue weighted by molar-refractivity contribution is 8.01. The van der Waals surface area contributed by atoms with Crippen molar-refractivity contribution >= 4 is 35.1 Å². The van der Waals surface area contributed by atoms with Crippen molar-refractivity contribution in [2.45, 2.75) is 18.3 Å². The van der Waals surface area contributed by atoms with Gasteiger partial charge in [-0.3, -0.25) is 9.69 Å². The van der Waals surface area contributed by atoms with Crippen LogP contribution < -0.4 is 15.0 Å². The second-order valence-electron chi connectivity index (χ2n) is 8.20. The molecule has 0 radical (unpaired) electrons. The van der Waals surface area contributed by atoms with E-state index in [0.29, 0.717) is 18.8 Å². The summed E-state index contributed by atoms with van der Waals surface area (Å²) in [6.45, 7) is 2.88. The number of rotatable bonds is 4. The number of urea groups is 1. The lowest BCUT2D eigenvalue weighted by Gasteiger charge is -2.33. The molecule has 1 saturated heterocycles. The maximum Gasteiger partial charge on any atom is 0.323 e. The number of fused-ring (bicyclic) bond motifs is 2. The number of carbonyl (C=O) groups excluding carboxylic acids is 2. The van der Waals surface area contributed by atoms with Crippen LogP contribution in [0.25, 0.3) is 0 Å². The average molecular weight is 460 g/mol. The third kappa shape index (κ3) is 3.62. The predicted octanol–water partition coefficient (Wildman–Crippen LogP) is 4.98. The van der Waals surface area contributed by atoms with Crippen LogP contribution in [0.3, 0.4) is 0 Å². The van der Waals surface area contributed by atoms with Gasteiger partial charge in [0.1, 0.15) is 5.75 Å². The molecular formula is C26H25N3O3S. The summed E-state index contributed by atoms with van der Waals surface area (Å²) >= 11 is 1.52. The van der Waals surface area contributed by atoms with E-state index >= 15 is 0 Å². The summed E-state index contributed by atoms with van der Waals surface area (Å²) in [5.74, 6) is 1.35. The van der Waals surface area contributed by atoms with Crippen molar-refractivity contribution in [1.82, 2.24) is 4.90 Å². The zero-order chi connectivity index (χ0) is 23.0. The lowest BCUT2D eigenvalue weighted by molar-refractivity contribution is -0.123. The van der Waals surface area contributed by atoms with E-state index in [2.05, 4.69) is 5.32 Å². The summed E-state index contributed by atoms with van der Waals surface area (Å²) in [5.41, 5.74) is 4.45. The fourth-order valence-corrected chi connectivity index (χ4v) is 6.05. The number of nitrogens with zero attached hydrogens (tertiary/aromatic N) is 2. The normalized spacial score (nSPS) is 19.2.